The molecule has 0 radical (unpaired) electrons. The first-order chi connectivity index (χ1) is 8.87. The molecule has 0 bridgehead atoms. The van der Waals surface area contributed by atoms with Gasteiger partial charge >= 0.3 is 6.18 Å². The summed E-state index contributed by atoms with van der Waals surface area (Å²) in [6.45, 7) is 0.347. The zero-order valence-corrected chi connectivity index (χ0v) is 10.3. The number of hydrogen-bond acceptors (Lipinski definition) is 3. The number of halogens is 3. The van der Waals surface area contributed by atoms with E-state index in [-0.39, 0.29) is 6.61 Å². The Labute approximate surface area is 108 Å². The van der Waals surface area contributed by atoms with Gasteiger partial charge in [0, 0.05) is 5.39 Å². The standard InChI is InChI=1S/C13H14F3NO2/c1-8-3-2-4-9-5-11(19-12(8)9)10(17)6-18-7-13(14,15)16/h2-5,10H,6-7,17H2,1H3. The molecule has 19 heavy (non-hydrogen) atoms. The van der Waals surface area contributed by atoms with E-state index in [0.29, 0.717) is 11.3 Å². The predicted octanol–water partition coefficient (Wildman–Crippen LogP) is 3.32. The van der Waals surface area contributed by atoms with Crippen LogP contribution in [0.3, 0.4) is 0 Å². The van der Waals surface area contributed by atoms with Crippen LogP contribution in [-0.2, 0) is 4.74 Å². The van der Waals surface area contributed by atoms with E-state index in [1.54, 1.807) is 6.07 Å². The number of hydrogen-bond donors (Lipinski definition) is 1. The van der Waals surface area contributed by atoms with Crippen molar-refractivity contribution < 1.29 is 22.3 Å². The number of ether oxygens (including phenoxy) is 1. The SMILES string of the molecule is Cc1cccc2cc(C(N)COCC(F)(F)F)oc12. The molecule has 2 N–H and O–H groups in total. The molecule has 3 nitrogen and oxygen atoms in total. The molecular formula is C13H14F3NO2. The zero-order chi connectivity index (χ0) is 14.0. The molecule has 0 aliphatic carbocycles. The molecule has 1 heterocycles. The second-order valence-corrected chi connectivity index (χ2v) is 4.38. The van der Waals surface area contributed by atoms with Gasteiger partial charge in [-0.05, 0) is 18.6 Å². The molecule has 1 unspecified atom stereocenters. The second kappa shape index (κ2) is 5.22. The number of nitrogens with two attached hydrogens (primary N) is 1. The Kier molecular flexibility index (Phi) is 3.82. The van der Waals surface area contributed by atoms with E-state index in [2.05, 4.69) is 4.74 Å². The van der Waals surface area contributed by atoms with Crippen molar-refractivity contribution in [3.63, 3.8) is 0 Å². The van der Waals surface area contributed by atoms with E-state index >= 15 is 0 Å². The number of para-hydroxylation sites is 1. The Bertz CT molecular complexity index is 563. The van der Waals surface area contributed by atoms with Gasteiger partial charge in [-0.1, -0.05) is 18.2 Å². The fraction of sp³-hybridized carbons (Fsp3) is 0.385. The number of fused-ring (bicyclic) bond motifs is 1. The van der Waals surface area contributed by atoms with Crippen LogP contribution < -0.4 is 5.73 Å². The normalized spacial score (nSPS) is 13.9. The molecule has 0 saturated carbocycles. The summed E-state index contributed by atoms with van der Waals surface area (Å²) in [6.07, 6.45) is -4.34. The molecule has 0 aliphatic rings. The maximum absolute atomic E-state index is 11.9. The van der Waals surface area contributed by atoms with Crippen LogP contribution in [0.15, 0.2) is 28.7 Å². The molecule has 104 valence electrons. The molecule has 2 aromatic rings. The lowest BCUT2D eigenvalue weighted by Crippen LogP contribution is -2.22. The highest BCUT2D eigenvalue weighted by molar-refractivity contribution is 5.80. The van der Waals surface area contributed by atoms with Gasteiger partial charge in [-0.25, -0.2) is 0 Å². The topological polar surface area (TPSA) is 48.4 Å². The number of rotatable bonds is 4. The van der Waals surface area contributed by atoms with Gasteiger partial charge in [0.15, 0.2) is 0 Å². The smallest absolute Gasteiger partial charge is 0.411 e. The average molecular weight is 273 g/mol. The van der Waals surface area contributed by atoms with Gasteiger partial charge in [-0.2, -0.15) is 13.2 Å². The summed E-state index contributed by atoms with van der Waals surface area (Å²) in [5.41, 5.74) is 7.40. The largest absolute Gasteiger partial charge is 0.459 e. The highest BCUT2D eigenvalue weighted by atomic mass is 19.4. The van der Waals surface area contributed by atoms with Crippen molar-refractivity contribution in [1.29, 1.82) is 0 Å². The molecule has 0 amide bonds. The van der Waals surface area contributed by atoms with Crippen molar-refractivity contribution in [2.75, 3.05) is 13.2 Å². The minimum atomic E-state index is -4.34. The minimum Gasteiger partial charge on any atom is -0.459 e. The molecule has 1 aromatic carbocycles. The van der Waals surface area contributed by atoms with Gasteiger partial charge in [0.1, 0.15) is 18.0 Å². The number of aryl methyl sites for hydroxylation is 1. The van der Waals surface area contributed by atoms with Crippen LogP contribution in [0.25, 0.3) is 11.0 Å². The first-order valence-electron chi connectivity index (χ1n) is 5.76. The summed E-state index contributed by atoms with van der Waals surface area (Å²) in [4.78, 5) is 0. The fourth-order valence-electron chi connectivity index (χ4n) is 1.80. The summed E-state index contributed by atoms with van der Waals surface area (Å²) in [6, 6.07) is 6.64. The maximum atomic E-state index is 11.9. The van der Waals surface area contributed by atoms with E-state index < -0.39 is 18.8 Å². The van der Waals surface area contributed by atoms with E-state index in [1.807, 2.05) is 25.1 Å². The minimum absolute atomic E-state index is 0.238. The highest BCUT2D eigenvalue weighted by Gasteiger charge is 2.28. The van der Waals surface area contributed by atoms with Crippen LogP contribution in [0.4, 0.5) is 13.2 Å². The Balaban J connectivity index is 2.05. The van der Waals surface area contributed by atoms with Crippen LogP contribution in [-0.4, -0.2) is 19.4 Å². The van der Waals surface area contributed by atoms with Crippen LogP contribution in [0.1, 0.15) is 17.4 Å². The van der Waals surface area contributed by atoms with Crippen LogP contribution in [0.5, 0.6) is 0 Å². The maximum Gasteiger partial charge on any atom is 0.411 e. The van der Waals surface area contributed by atoms with Gasteiger partial charge in [0.25, 0.3) is 0 Å². The number of alkyl halides is 3. The van der Waals surface area contributed by atoms with Crippen molar-refractivity contribution in [1.82, 2.24) is 0 Å². The average Bonchev–Trinajstić information content (AvgIpc) is 2.72. The fourth-order valence-corrected chi connectivity index (χ4v) is 1.80. The summed E-state index contributed by atoms with van der Waals surface area (Å²) < 4.78 is 45.9. The molecular weight excluding hydrogens is 259 g/mol. The monoisotopic (exact) mass is 273 g/mol. The lowest BCUT2D eigenvalue weighted by atomic mass is 10.1. The molecule has 1 atom stereocenters. The van der Waals surface area contributed by atoms with E-state index in [9.17, 15) is 13.2 Å². The summed E-state index contributed by atoms with van der Waals surface area (Å²) in [7, 11) is 0. The molecule has 0 saturated heterocycles. The van der Waals surface area contributed by atoms with Crippen LogP contribution in [0, 0.1) is 6.92 Å². The lowest BCUT2D eigenvalue weighted by Gasteiger charge is -2.11. The third kappa shape index (κ3) is 3.48. The zero-order valence-electron chi connectivity index (χ0n) is 10.3. The third-order valence-corrected chi connectivity index (χ3v) is 2.69. The Morgan fingerprint density at radius 3 is 2.74 bits per heavy atom. The molecule has 0 spiro atoms. The number of furan rings is 1. The molecule has 0 fully saturated rings. The van der Waals surface area contributed by atoms with Crippen LogP contribution in [0.2, 0.25) is 0 Å². The molecule has 1 aromatic heterocycles. The quantitative estimate of drug-likeness (QED) is 0.929. The summed E-state index contributed by atoms with van der Waals surface area (Å²) >= 11 is 0. The van der Waals surface area contributed by atoms with Gasteiger partial charge in [0.05, 0.1) is 12.6 Å². The van der Waals surface area contributed by atoms with E-state index in [0.717, 1.165) is 10.9 Å². The Hall–Kier alpha value is -1.53. The van der Waals surface area contributed by atoms with E-state index in [1.165, 1.54) is 0 Å². The van der Waals surface area contributed by atoms with Crippen molar-refractivity contribution in [2.24, 2.45) is 5.73 Å². The first-order valence-corrected chi connectivity index (χ1v) is 5.76. The summed E-state index contributed by atoms with van der Waals surface area (Å²) in [5.74, 6) is 0.423. The van der Waals surface area contributed by atoms with Crippen molar-refractivity contribution in [3.8, 4) is 0 Å². The molecule has 2 rings (SSSR count). The molecule has 0 aliphatic heterocycles. The molecule has 6 heteroatoms. The van der Waals surface area contributed by atoms with E-state index in [4.69, 9.17) is 10.2 Å². The van der Waals surface area contributed by atoms with Crippen molar-refractivity contribution in [3.05, 3.63) is 35.6 Å². The van der Waals surface area contributed by atoms with Crippen LogP contribution >= 0.6 is 0 Å². The van der Waals surface area contributed by atoms with Crippen molar-refractivity contribution >= 4 is 11.0 Å². The third-order valence-electron chi connectivity index (χ3n) is 2.69. The highest BCUT2D eigenvalue weighted by Crippen LogP contribution is 2.26. The predicted molar refractivity (Wildman–Crippen MR) is 64.8 cm³/mol. The van der Waals surface area contributed by atoms with Gasteiger partial charge < -0.3 is 14.9 Å². The Morgan fingerprint density at radius 2 is 2.11 bits per heavy atom. The van der Waals surface area contributed by atoms with Crippen molar-refractivity contribution in [2.45, 2.75) is 19.1 Å². The Morgan fingerprint density at radius 1 is 1.37 bits per heavy atom. The van der Waals surface area contributed by atoms with Gasteiger partial charge in [-0.15, -0.1) is 0 Å². The number of benzene rings is 1. The lowest BCUT2D eigenvalue weighted by molar-refractivity contribution is -0.175. The van der Waals surface area contributed by atoms with Gasteiger partial charge in [0.2, 0.25) is 0 Å². The van der Waals surface area contributed by atoms with Gasteiger partial charge in [-0.3, -0.25) is 0 Å². The second-order valence-electron chi connectivity index (χ2n) is 4.38. The summed E-state index contributed by atoms with van der Waals surface area (Å²) in [5, 5.41) is 0.876. The first kappa shape index (κ1) is 13.9.